The summed E-state index contributed by atoms with van der Waals surface area (Å²) in [6.45, 7) is 23.2. The summed E-state index contributed by atoms with van der Waals surface area (Å²) in [5.41, 5.74) is 0. The molecule has 0 heterocycles. The molecule has 0 fully saturated rings. The summed E-state index contributed by atoms with van der Waals surface area (Å²) in [7, 11) is 0. The van der Waals surface area contributed by atoms with Gasteiger partial charge < -0.3 is 4.90 Å². The molecule has 136 valence electrons. The van der Waals surface area contributed by atoms with Crippen molar-refractivity contribution in [3.05, 3.63) is 50.6 Å². The zero-order valence-electron chi connectivity index (χ0n) is 15.5. The van der Waals surface area contributed by atoms with Crippen molar-refractivity contribution >= 4 is 5.91 Å². The Morgan fingerprint density at radius 2 is 1.29 bits per heavy atom. The molecule has 0 aliphatic heterocycles. The molecular weight excluding hydrogens is 298 g/mol. The van der Waals surface area contributed by atoms with Crippen molar-refractivity contribution in [1.82, 2.24) is 14.7 Å². The van der Waals surface area contributed by atoms with Gasteiger partial charge in [0.2, 0.25) is 5.91 Å². The van der Waals surface area contributed by atoms with E-state index in [2.05, 4.69) is 43.0 Å². The molecule has 0 bridgehead atoms. The van der Waals surface area contributed by atoms with E-state index in [1.54, 1.807) is 17.1 Å². The molecule has 0 aromatic rings. The van der Waals surface area contributed by atoms with Crippen LogP contribution in [0.5, 0.6) is 0 Å². The molecule has 0 N–H and O–H groups in total. The van der Waals surface area contributed by atoms with Crippen molar-refractivity contribution < 1.29 is 4.79 Å². The largest absolute Gasteiger partial charge is 0.334 e. The molecule has 24 heavy (non-hydrogen) atoms. The summed E-state index contributed by atoms with van der Waals surface area (Å²) >= 11 is 0. The molecule has 0 saturated heterocycles. The van der Waals surface area contributed by atoms with Crippen molar-refractivity contribution in [3.8, 4) is 0 Å². The van der Waals surface area contributed by atoms with E-state index in [1.807, 2.05) is 12.2 Å². The molecule has 0 radical (unpaired) electrons. The number of amides is 1. The first kappa shape index (κ1) is 22.4. The maximum Gasteiger partial charge on any atom is 0.237 e. The molecule has 4 nitrogen and oxygen atoms in total. The Bertz CT molecular complexity index is 372. The van der Waals surface area contributed by atoms with Crippen LogP contribution >= 0.6 is 0 Å². The minimum atomic E-state index is 0.130. The summed E-state index contributed by atoms with van der Waals surface area (Å²) in [5, 5.41) is 0. The normalized spacial score (nSPS) is 10.6. The van der Waals surface area contributed by atoms with Crippen LogP contribution in [0.15, 0.2) is 50.6 Å². The number of unbranched alkanes of at least 4 members (excludes halogenated alkanes) is 1. The van der Waals surface area contributed by atoms with Crippen molar-refractivity contribution in [2.24, 2.45) is 0 Å². The quantitative estimate of drug-likeness (QED) is 0.406. The predicted octanol–water partition coefficient (Wildman–Crippen LogP) is 2.96. The van der Waals surface area contributed by atoms with Gasteiger partial charge in [0.15, 0.2) is 0 Å². The molecule has 0 aliphatic carbocycles. The standard InChI is InChI=1S/C20H35N3O/c1-6-11-16-22(18-17-21(12-7-2)13-8-3)19-20(24)23(14-9-4)15-10-5/h7-10H,2-6,11-19H2,1H3. The molecule has 0 atom stereocenters. The highest BCUT2D eigenvalue weighted by atomic mass is 16.2. The number of carbonyl (C=O) groups excluding carboxylic acids is 1. The lowest BCUT2D eigenvalue weighted by Crippen LogP contribution is -2.43. The van der Waals surface area contributed by atoms with Gasteiger partial charge in [-0.15, -0.1) is 26.3 Å². The lowest BCUT2D eigenvalue weighted by atomic mass is 10.3. The average Bonchev–Trinajstić information content (AvgIpc) is 2.57. The van der Waals surface area contributed by atoms with Crippen LogP contribution in [0.3, 0.4) is 0 Å². The average molecular weight is 334 g/mol. The van der Waals surface area contributed by atoms with Crippen molar-refractivity contribution in [2.75, 3.05) is 52.4 Å². The van der Waals surface area contributed by atoms with Gasteiger partial charge in [-0.05, 0) is 13.0 Å². The van der Waals surface area contributed by atoms with Crippen LogP contribution in [-0.4, -0.2) is 73.0 Å². The summed E-state index contributed by atoms with van der Waals surface area (Å²) in [4.78, 5) is 18.8. The van der Waals surface area contributed by atoms with Crippen LogP contribution in [0.4, 0.5) is 0 Å². The van der Waals surface area contributed by atoms with Crippen LogP contribution in [0.1, 0.15) is 19.8 Å². The minimum Gasteiger partial charge on any atom is -0.334 e. The number of carbonyl (C=O) groups is 1. The first-order chi connectivity index (χ1) is 11.6. The highest BCUT2D eigenvalue weighted by molar-refractivity contribution is 5.78. The summed E-state index contributed by atoms with van der Waals surface area (Å²) in [5.74, 6) is 0.130. The third kappa shape index (κ3) is 10.2. The van der Waals surface area contributed by atoms with Gasteiger partial charge in [-0.2, -0.15) is 0 Å². The maximum absolute atomic E-state index is 12.5. The first-order valence-electron chi connectivity index (χ1n) is 8.78. The Labute approximate surface area is 148 Å². The summed E-state index contributed by atoms with van der Waals surface area (Å²) < 4.78 is 0. The van der Waals surface area contributed by atoms with Crippen LogP contribution in [-0.2, 0) is 4.79 Å². The van der Waals surface area contributed by atoms with Crippen molar-refractivity contribution in [1.29, 1.82) is 0 Å². The molecule has 1 amide bonds. The molecular formula is C20H35N3O. The molecule has 0 spiro atoms. The van der Waals surface area contributed by atoms with E-state index in [9.17, 15) is 4.79 Å². The van der Waals surface area contributed by atoms with Crippen molar-refractivity contribution in [3.63, 3.8) is 0 Å². The van der Waals surface area contributed by atoms with E-state index in [4.69, 9.17) is 0 Å². The smallest absolute Gasteiger partial charge is 0.237 e. The van der Waals surface area contributed by atoms with Crippen molar-refractivity contribution in [2.45, 2.75) is 19.8 Å². The molecule has 0 aromatic heterocycles. The topological polar surface area (TPSA) is 26.8 Å². The Kier molecular flexibility index (Phi) is 13.9. The fraction of sp³-hybridized carbons (Fsp3) is 0.550. The van der Waals surface area contributed by atoms with E-state index >= 15 is 0 Å². The fourth-order valence-corrected chi connectivity index (χ4v) is 2.44. The number of hydrogen-bond acceptors (Lipinski definition) is 3. The molecule has 0 aromatic carbocycles. The highest BCUT2D eigenvalue weighted by Crippen LogP contribution is 2.01. The second-order valence-electron chi connectivity index (χ2n) is 5.84. The van der Waals surface area contributed by atoms with Gasteiger partial charge in [-0.1, -0.05) is 37.6 Å². The highest BCUT2D eigenvalue weighted by Gasteiger charge is 2.16. The Hall–Kier alpha value is -1.65. The third-order valence-electron chi connectivity index (χ3n) is 3.75. The molecule has 0 saturated carbocycles. The van der Waals surface area contributed by atoms with E-state index in [-0.39, 0.29) is 5.91 Å². The monoisotopic (exact) mass is 333 g/mol. The van der Waals surface area contributed by atoms with Gasteiger partial charge >= 0.3 is 0 Å². The Morgan fingerprint density at radius 1 is 0.792 bits per heavy atom. The maximum atomic E-state index is 12.5. The van der Waals surface area contributed by atoms with Gasteiger partial charge in [0.05, 0.1) is 6.54 Å². The van der Waals surface area contributed by atoms with Gasteiger partial charge in [0, 0.05) is 39.3 Å². The zero-order valence-corrected chi connectivity index (χ0v) is 15.5. The van der Waals surface area contributed by atoms with Gasteiger partial charge in [0.25, 0.3) is 0 Å². The minimum absolute atomic E-state index is 0.130. The molecule has 0 rings (SSSR count). The van der Waals surface area contributed by atoms with E-state index in [0.29, 0.717) is 19.6 Å². The second-order valence-corrected chi connectivity index (χ2v) is 5.84. The van der Waals surface area contributed by atoms with Crippen LogP contribution in [0, 0.1) is 0 Å². The first-order valence-corrected chi connectivity index (χ1v) is 8.78. The molecule has 0 unspecified atom stereocenters. The summed E-state index contributed by atoms with van der Waals surface area (Å²) in [6, 6.07) is 0. The van der Waals surface area contributed by atoms with Gasteiger partial charge in [-0.25, -0.2) is 0 Å². The van der Waals surface area contributed by atoms with Crippen LogP contribution < -0.4 is 0 Å². The molecule has 4 heteroatoms. The Morgan fingerprint density at radius 3 is 1.75 bits per heavy atom. The van der Waals surface area contributed by atoms with Gasteiger partial charge in [-0.3, -0.25) is 14.6 Å². The third-order valence-corrected chi connectivity index (χ3v) is 3.75. The second kappa shape index (κ2) is 14.9. The molecule has 0 aliphatic rings. The predicted molar refractivity (Wildman–Crippen MR) is 105 cm³/mol. The van der Waals surface area contributed by atoms with E-state index in [1.165, 1.54) is 0 Å². The van der Waals surface area contributed by atoms with E-state index < -0.39 is 0 Å². The Balaban J connectivity index is 4.69. The van der Waals surface area contributed by atoms with Gasteiger partial charge in [0.1, 0.15) is 0 Å². The number of rotatable bonds is 16. The van der Waals surface area contributed by atoms with Crippen LogP contribution in [0.2, 0.25) is 0 Å². The number of hydrogen-bond donors (Lipinski definition) is 0. The lowest BCUT2D eigenvalue weighted by molar-refractivity contribution is -0.131. The van der Waals surface area contributed by atoms with E-state index in [0.717, 1.165) is 45.6 Å². The fourth-order valence-electron chi connectivity index (χ4n) is 2.44. The lowest BCUT2D eigenvalue weighted by Gasteiger charge is -2.28. The van der Waals surface area contributed by atoms with Crippen LogP contribution in [0.25, 0.3) is 0 Å². The number of nitrogens with zero attached hydrogens (tertiary/aromatic N) is 3. The SMILES string of the molecule is C=CCN(CC=C)CCN(CCCC)CC(=O)N(CC=C)CC=C. The summed E-state index contributed by atoms with van der Waals surface area (Å²) in [6.07, 6.45) is 9.54. The zero-order chi connectivity index (χ0) is 18.2.